The fourth-order valence-corrected chi connectivity index (χ4v) is 14.4. The lowest BCUT2D eigenvalue weighted by atomic mass is 9.96. The fourth-order valence-electron chi connectivity index (χ4n) is 2.94. The van der Waals surface area contributed by atoms with E-state index in [4.69, 9.17) is 12.3 Å². The molecule has 0 spiro atoms. The first kappa shape index (κ1) is 13.9. The highest BCUT2D eigenvalue weighted by atomic mass is 28.5. The lowest BCUT2D eigenvalue weighted by molar-refractivity contribution is 0.167. The molecular formula is C10H25NO3Si3. The monoisotopic (exact) mass is 291 g/mol. The predicted octanol–water partition coefficient (Wildman–Crippen LogP) is 1.58. The average Bonchev–Trinajstić information content (AvgIpc) is 2.27. The highest BCUT2D eigenvalue weighted by molar-refractivity contribution is 6.80. The van der Waals surface area contributed by atoms with Crippen LogP contribution in [-0.4, -0.2) is 44.9 Å². The average molecular weight is 292 g/mol. The molecule has 2 rings (SSSR count). The first-order valence-electron chi connectivity index (χ1n) is 6.75. The van der Waals surface area contributed by atoms with Crippen LogP contribution in [0.3, 0.4) is 0 Å². The van der Waals surface area contributed by atoms with Crippen LogP contribution in [0.15, 0.2) is 0 Å². The first-order valence-corrected chi connectivity index (χ1v) is 13.2. The molecule has 2 fully saturated rings. The van der Waals surface area contributed by atoms with Crippen molar-refractivity contribution in [2.45, 2.75) is 57.8 Å². The van der Waals surface area contributed by atoms with E-state index in [2.05, 4.69) is 31.3 Å². The SMILES string of the molecule is CN(C1CCCCC1)[Si]1(C)O[SiH](C)O[SiH](C)O1. The molecule has 2 unspecified atom stereocenters. The Morgan fingerprint density at radius 2 is 1.59 bits per heavy atom. The zero-order chi connectivity index (χ0) is 12.5. The van der Waals surface area contributed by atoms with Crippen LogP contribution in [0, 0.1) is 0 Å². The first-order chi connectivity index (χ1) is 8.01. The minimum absolute atomic E-state index is 0.668. The minimum atomic E-state index is -2.12. The molecule has 0 aromatic carbocycles. The molecule has 1 saturated carbocycles. The molecule has 2 atom stereocenters. The Hall–Kier alpha value is 0.491. The van der Waals surface area contributed by atoms with Crippen LogP contribution in [-0.2, 0) is 12.3 Å². The van der Waals surface area contributed by atoms with Gasteiger partial charge in [-0.3, -0.25) is 4.57 Å². The molecule has 0 aromatic heterocycles. The summed E-state index contributed by atoms with van der Waals surface area (Å²) in [6.45, 7) is 6.47. The molecule has 17 heavy (non-hydrogen) atoms. The zero-order valence-electron chi connectivity index (χ0n) is 11.4. The summed E-state index contributed by atoms with van der Waals surface area (Å²) in [6, 6.07) is 0.668. The van der Waals surface area contributed by atoms with Gasteiger partial charge in [-0.2, -0.15) is 0 Å². The molecule has 1 aliphatic carbocycles. The van der Waals surface area contributed by atoms with Crippen molar-refractivity contribution in [1.82, 2.24) is 4.57 Å². The Bertz CT molecular complexity index is 253. The Labute approximate surface area is 109 Å². The summed E-state index contributed by atoms with van der Waals surface area (Å²) in [7, 11) is -2.78. The van der Waals surface area contributed by atoms with Gasteiger partial charge in [0, 0.05) is 6.04 Å². The minimum Gasteiger partial charge on any atom is -0.420 e. The van der Waals surface area contributed by atoms with E-state index >= 15 is 0 Å². The van der Waals surface area contributed by atoms with Gasteiger partial charge in [0.15, 0.2) is 0 Å². The largest absolute Gasteiger partial charge is 0.420 e. The molecule has 0 radical (unpaired) electrons. The zero-order valence-corrected chi connectivity index (χ0v) is 14.7. The van der Waals surface area contributed by atoms with Crippen LogP contribution in [0.4, 0.5) is 0 Å². The molecular weight excluding hydrogens is 266 g/mol. The summed E-state index contributed by atoms with van der Waals surface area (Å²) in [5.74, 6) is 0. The number of hydrogen-bond donors (Lipinski definition) is 0. The second-order valence-electron chi connectivity index (χ2n) is 5.31. The molecule has 0 amide bonds. The summed E-state index contributed by atoms with van der Waals surface area (Å²) in [5.41, 5.74) is 0. The van der Waals surface area contributed by atoms with Crippen LogP contribution in [0.1, 0.15) is 32.1 Å². The Morgan fingerprint density at radius 1 is 1.06 bits per heavy atom. The van der Waals surface area contributed by atoms with Crippen LogP contribution < -0.4 is 0 Å². The summed E-state index contributed by atoms with van der Waals surface area (Å²) in [5, 5.41) is 0. The molecule has 4 nitrogen and oxygen atoms in total. The van der Waals surface area contributed by atoms with E-state index < -0.39 is 27.3 Å². The smallest absolute Gasteiger partial charge is 0.406 e. The van der Waals surface area contributed by atoms with E-state index in [-0.39, 0.29) is 0 Å². The fraction of sp³-hybridized carbons (Fsp3) is 1.00. The van der Waals surface area contributed by atoms with Gasteiger partial charge in [0.05, 0.1) is 0 Å². The quantitative estimate of drug-likeness (QED) is 0.723. The lowest BCUT2D eigenvalue weighted by Gasteiger charge is -2.46. The lowest BCUT2D eigenvalue weighted by Crippen LogP contribution is -2.66. The maximum absolute atomic E-state index is 6.15. The maximum atomic E-state index is 6.15. The van der Waals surface area contributed by atoms with Gasteiger partial charge < -0.3 is 12.3 Å². The summed E-state index contributed by atoms with van der Waals surface area (Å²) in [6.07, 6.45) is 6.72. The van der Waals surface area contributed by atoms with Crippen molar-refractivity contribution in [3.8, 4) is 0 Å². The number of rotatable bonds is 2. The van der Waals surface area contributed by atoms with E-state index in [1.807, 2.05) is 0 Å². The van der Waals surface area contributed by atoms with Gasteiger partial charge in [0.2, 0.25) is 0 Å². The Kier molecular flexibility index (Phi) is 4.61. The van der Waals surface area contributed by atoms with Crippen molar-refractivity contribution >= 4 is 27.3 Å². The third-order valence-electron chi connectivity index (χ3n) is 3.92. The van der Waals surface area contributed by atoms with E-state index in [0.29, 0.717) is 6.04 Å². The van der Waals surface area contributed by atoms with E-state index in [1.54, 1.807) is 0 Å². The van der Waals surface area contributed by atoms with Gasteiger partial charge in [0.25, 0.3) is 0 Å². The molecule has 0 aromatic rings. The van der Waals surface area contributed by atoms with Crippen molar-refractivity contribution in [3.63, 3.8) is 0 Å². The van der Waals surface area contributed by atoms with Crippen LogP contribution in [0.2, 0.25) is 19.6 Å². The van der Waals surface area contributed by atoms with Crippen molar-refractivity contribution in [1.29, 1.82) is 0 Å². The van der Waals surface area contributed by atoms with Crippen molar-refractivity contribution < 1.29 is 12.3 Å². The number of hydrogen-bond acceptors (Lipinski definition) is 4. The van der Waals surface area contributed by atoms with Crippen molar-refractivity contribution in [2.75, 3.05) is 7.05 Å². The molecule has 0 bridgehead atoms. The van der Waals surface area contributed by atoms with Crippen LogP contribution in [0.25, 0.3) is 0 Å². The van der Waals surface area contributed by atoms with Gasteiger partial charge in [0.1, 0.15) is 0 Å². The van der Waals surface area contributed by atoms with E-state index in [1.165, 1.54) is 32.1 Å². The predicted molar refractivity (Wildman–Crippen MR) is 75.5 cm³/mol. The Balaban J connectivity index is 2.02. The van der Waals surface area contributed by atoms with Gasteiger partial charge in [-0.05, 0) is 39.5 Å². The highest BCUT2D eigenvalue weighted by Gasteiger charge is 2.47. The summed E-state index contributed by atoms with van der Waals surface area (Å²) < 4.78 is 20.5. The standard InChI is InChI=1S/C10H25NO3Si3/c1-11(10-8-6-5-7-9-10)17(4)13-15(2)12-16(3)14-17/h10,15-16H,5-9H2,1-4H3. The molecule has 1 saturated heterocycles. The van der Waals surface area contributed by atoms with Crippen LogP contribution >= 0.6 is 0 Å². The summed E-state index contributed by atoms with van der Waals surface area (Å²) >= 11 is 0. The summed E-state index contributed by atoms with van der Waals surface area (Å²) in [4.78, 5) is 0. The highest BCUT2D eigenvalue weighted by Crippen LogP contribution is 2.28. The number of nitrogens with zero attached hydrogens (tertiary/aromatic N) is 1. The molecule has 7 heteroatoms. The van der Waals surface area contributed by atoms with Gasteiger partial charge >= 0.3 is 27.3 Å². The molecule has 1 heterocycles. The third kappa shape index (κ3) is 3.28. The van der Waals surface area contributed by atoms with Gasteiger partial charge in [-0.25, -0.2) is 0 Å². The third-order valence-corrected chi connectivity index (χ3v) is 14.8. The van der Waals surface area contributed by atoms with Crippen molar-refractivity contribution in [3.05, 3.63) is 0 Å². The van der Waals surface area contributed by atoms with Gasteiger partial charge in [-0.1, -0.05) is 19.3 Å². The molecule has 2 aliphatic rings. The molecule has 1 aliphatic heterocycles. The van der Waals surface area contributed by atoms with Crippen molar-refractivity contribution in [2.24, 2.45) is 0 Å². The van der Waals surface area contributed by atoms with E-state index in [0.717, 1.165) is 0 Å². The maximum Gasteiger partial charge on any atom is 0.406 e. The molecule has 0 N–H and O–H groups in total. The van der Waals surface area contributed by atoms with E-state index in [9.17, 15) is 0 Å². The molecule has 100 valence electrons. The second-order valence-corrected chi connectivity index (χ2v) is 13.1. The second kappa shape index (κ2) is 5.64. The van der Waals surface area contributed by atoms with Crippen LogP contribution in [0.5, 0.6) is 0 Å². The topological polar surface area (TPSA) is 30.9 Å². The Morgan fingerprint density at radius 3 is 2.12 bits per heavy atom. The van der Waals surface area contributed by atoms with Gasteiger partial charge in [-0.15, -0.1) is 0 Å². The normalized spacial score (nSPS) is 40.8.